The maximum absolute atomic E-state index is 12.3. The number of hydrogen-bond donors (Lipinski definition) is 1. The summed E-state index contributed by atoms with van der Waals surface area (Å²) in [5.74, 6) is -0.343. The van der Waals surface area contributed by atoms with Gasteiger partial charge in [-0.15, -0.1) is 13.2 Å². The van der Waals surface area contributed by atoms with Crippen LogP contribution in [-0.4, -0.2) is 29.6 Å². The number of aromatic nitrogens is 1. The van der Waals surface area contributed by atoms with Gasteiger partial charge in [0.15, 0.2) is 5.78 Å². The van der Waals surface area contributed by atoms with Crippen LogP contribution in [0.15, 0.2) is 36.5 Å². The first-order valence-corrected chi connectivity index (χ1v) is 9.03. The van der Waals surface area contributed by atoms with Crippen molar-refractivity contribution in [1.82, 2.24) is 4.98 Å². The Labute approximate surface area is 170 Å². The number of nitrogens with one attached hydrogen (secondary N) is 1. The fraction of sp³-hybridized carbons (Fsp3) is 0.316. The number of pyridine rings is 1. The largest absolute Gasteiger partial charge is 0.573 e. The molecule has 29 heavy (non-hydrogen) atoms. The number of anilines is 1. The lowest BCUT2D eigenvalue weighted by atomic mass is 10.1. The van der Waals surface area contributed by atoms with Gasteiger partial charge in [-0.25, -0.2) is 4.98 Å². The zero-order valence-corrected chi connectivity index (χ0v) is 16.1. The fourth-order valence-electron chi connectivity index (χ4n) is 2.26. The number of benzene rings is 1. The Bertz CT molecular complexity index is 875. The van der Waals surface area contributed by atoms with Crippen molar-refractivity contribution in [2.45, 2.75) is 32.5 Å². The molecule has 0 fully saturated rings. The first kappa shape index (κ1) is 22.5. The number of halogens is 4. The van der Waals surface area contributed by atoms with E-state index in [4.69, 9.17) is 16.3 Å². The highest BCUT2D eigenvalue weighted by molar-refractivity contribution is 6.32. The van der Waals surface area contributed by atoms with Gasteiger partial charge in [-0.3, -0.25) is 9.59 Å². The number of amides is 1. The second kappa shape index (κ2) is 10.1. The Morgan fingerprint density at radius 1 is 1.21 bits per heavy atom. The van der Waals surface area contributed by atoms with E-state index in [1.807, 2.05) is 0 Å². The van der Waals surface area contributed by atoms with Crippen LogP contribution in [0.4, 0.5) is 19.0 Å². The maximum atomic E-state index is 12.3. The summed E-state index contributed by atoms with van der Waals surface area (Å²) in [4.78, 5) is 27.6. The van der Waals surface area contributed by atoms with Crippen molar-refractivity contribution >= 4 is 29.1 Å². The van der Waals surface area contributed by atoms with E-state index in [0.717, 1.165) is 12.1 Å². The monoisotopic (exact) mass is 430 g/mol. The number of hydrogen-bond acceptors (Lipinski definition) is 5. The van der Waals surface area contributed by atoms with Crippen molar-refractivity contribution in [3.63, 3.8) is 0 Å². The van der Waals surface area contributed by atoms with Crippen LogP contribution in [-0.2, 0) is 4.79 Å². The average molecular weight is 431 g/mol. The van der Waals surface area contributed by atoms with E-state index in [2.05, 4.69) is 15.0 Å². The highest BCUT2D eigenvalue weighted by Gasteiger charge is 2.31. The van der Waals surface area contributed by atoms with E-state index in [9.17, 15) is 22.8 Å². The minimum Gasteiger partial charge on any atom is -0.492 e. The van der Waals surface area contributed by atoms with E-state index < -0.39 is 12.1 Å². The number of ketones is 1. The van der Waals surface area contributed by atoms with Crippen LogP contribution in [0.1, 0.15) is 36.5 Å². The lowest BCUT2D eigenvalue weighted by Crippen LogP contribution is -2.17. The average Bonchev–Trinajstić information content (AvgIpc) is 2.65. The summed E-state index contributed by atoms with van der Waals surface area (Å²) in [6.07, 6.45) is -2.56. The van der Waals surface area contributed by atoms with Gasteiger partial charge >= 0.3 is 6.36 Å². The van der Waals surface area contributed by atoms with E-state index in [0.29, 0.717) is 24.2 Å². The molecule has 1 heterocycles. The number of rotatable bonds is 9. The van der Waals surface area contributed by atoms with Gasteiger partial charge in [-0.2, -0.15) is 0 Å². The second-order valence-corrected chi connectivity index (χ2v) is 6.25. The highest BCUT2D eigenvalue weighted by atomic mass is 35.5. The maximum Gasteiger partial charge on any atom is 0.573 e. The number of nitrogens with zero attached hydrogens (tertiary/aromatic N) is 1. The summed E-state index contributed by atoms with van der Waals surface area (Å²) < 4.78 is 45.7. The number of alkyl halides is 3. The molecule has 2 aromatic rings. The van der Waals surface area contributed by atoms with Gasteiger partial charge in [-0.1, -0.05) is 18.5 Å². The van der Waals surface area contributed by atoms with Crippen LogP contribution in [0.2, 0.25) is 5.02 Å². The molecule has 0 spiro atoms. The Morgan fingerprint density at radius 2 is 1.97 bits per heavy atom. The van der Waals surface area contributed by atoms with Gasteiger partial charge in [0.25, 0.3) is 0 Å². The summed E-state index contributed by atoms with van der Waals surface area (Å²) in [5.41, 5.74) is 0.401. The standard InChI is InChI=1S/C19H18ClF3N2O4/c1-2-18(27)25-17-10-12(7-8-24-17)15(26)4-3-9-28-16-6-5-13(11-14(16)20)29-19(21,22)23/h5-8,10-11H,2-4,9H2,1H3,(H,24,25,27). The number of Topliss-reactive ketones (excluding diaryl/α,β-unsaturated/α-hetero) is 1. The molecule has 6 nitrogen and oxygen atoms in total. The van der Waals surface area contributed by atoms with Gasteiger partial charge in [-0.05, 0) is 30.7 Å². The summed E-state index contributed by atoms with van der Waals surface area (Å²) in [7, 11) is 0. The van der Waals surface area contributed by atoms with Crippen LogP contribution >= 0.6 is 11.6 Å². The van der Waals surface area contributed by atoms with Gasteiger partial charge in [0, 0.05) is 30.7 Å². The van der Waals surface area contributed by atoms with Crippen molar-refractivity contribution in [2.75, 3.05) is 11.9 Å². The molecule has 0 radical (unpaired) electrons. The van der Waals surface area contributed by atoms with Gasteiger partial charge < -0.3 is 14.8 Å². The first-order chi connectivity index (χ1) is 13.7. The van der Waals surface area contributed by atoms with Crippen molar-refractivity contribution in [3.05, 3.63) is 47.1 Å². The molecule has 1 aromatic carbocycles. The summed E-state index contributed by atoms with van der Waals surface area (Å²) in [6.45, 7) is 1.84. The predicted molar refractivity (Wildman–Crippen MR) is 100 cm³/mol. The van der Waals surface area contributed by atoms with Crippen molar-refractivity contribution in [1.29, 1.82) is 0 Å². The lowest BCUT2D eigenvalue weighted by Gasteiger charge is -2.12. The highest BCUT2D eigenvalue weighted by Crippen LogP contribution is 2.31. The van der Waals surface area contributed by atoms with E-state index >= 15 is 0 Å². The molecule has 0 saturated carbocycles. The SMILES string of the molecule is CCC(=O)Nc1cc(C(=O)CCCOc2ccc(OC(F)(F)F)cc2Cl)ccn1. The number of carbonyl (C=O) groups excluding carboxylic acids is 2. The summed E-state index contributed by atoms with van der Waals surface area (Å²) in [5, 5.41) is 2.54. The fourth-order valence-corrected chi connectivity index (χ4v) is 2.48. The molecule has 0 saturated heterocycles. The van der Waals surface area contributed by atoms with Crippen molar-refractivity contribution in [3.8, 4) is 11.5 Å². The third-order valence-corrected chi connectivity index (χ3v) is 3.91. The molecule has 10 heteroatoms. The van der Waals surface area contributed by atoms with Crippen LogP contribution in [0, 0.1) is 0 Å². The molecule has 0 bridgehead atoms. The van der Waals surface area contributed by atoms with Crippen LogP contribution in [0.5, 0.6) is 11.5 Å². The molecule has 0 atom stereocenters. The predicted octanol–water partition coefficient (Wildman–Crippen LogP) is 5.02. The lowest BCUT2D eigenvalue weighted by molar-refractivity contribution is -0.274. The normalized spacial score (nSPS) is 11.1. The molecule has 1 N–H and O–H groups in total. The van der Waals surface area contributed by atoms with Crippen molar-refractivity contribution in [2.24, 2.45) is 0 Å². The zero-order valence-electron chi connectivity index (χ0n) is 15.4. The first-order valence-electron chi connectivity index (χ1n) is 8.65. The van der Waals surface area contributed by atoms with Crippen LogP contribution in [0.3, 0.4) is 0 Å². The molecule has 156 valence electrons. The molecular formula is C19H18ClF3N2O4. The van der Waals surface area contributed by atoms with Crippen molar-refractivity contribution < 1.29 is 32.2 Å². The van der Waals surface area contributed by atoms with Crippen LogP contribution in [0.25, 0.3) is 0 Å². The molecule has 1 amide bonds. The van der Waals surface area contributed by atoms with Gasteiger partial charge in [0.2, 0.25) is 5.91 Å². The Kier molecular flexibility index (Phi) is 7.83. The molecule has 0 aliphatic carbocycles. The van der Waals surface area contributed by atoms with E-state index in [1.165, 1.54) is 18.3 Å². The van der Waals surface area contributed by atoms with E-state index in [1.54, 1.807) is 13.0 Å². The molecule has 1 aromatic heterocycles. The Hall–Kier alpha value is -2.81. The summed E-state index contributed by atoms with van der Waals surface area (Å²) in [6, 6.07) is 6.38. The molecular weight excluding hydrogens is 413 g/mol. The molecule has 2 rings (SSSR count). The molecule has 0 unspecified atom stereocenters. The third-order valence-electron chi connectivity index (χ3n) is 3.61. The zero-order chi connectivity index (χ0) is 21.4. The second-order valence-electron chi connectivity index (χ2n) is 5.85. The third kappa shape index (κ3) is 7.61. The quantitative estimate of drug-likeness (QED) is 0.446. The van der Waals surface area contributed by atoms with Gasteiger partial charge in [0.1, 0.15) is 17.3 Å². The van der Waals surface area contributed by atoms with Crippen LogP contribution < -0.4 is 14.8 Å². The topological polar surface area (TPSA) is 77.5 Å². The number of ether oxygens (including phenoxy) is 2. The van der Waals surface area contributed by atoms with Gasteiger partial charge in [0.05, 0.1) is 11.6 Å². The number of carbonyl (C=O) groups is 2. The Morgan fingerprint density at radius 3 is 2.62 bits per heavy atom. The Balaban J connectivity index is 1.84. The summed E-state index contributed by atoms with van der Waals surface area (Å²) >= 11 is 5.89. The smallest absolute Gasteiger partial charge is 0.492 e. The van der Waals surface area contributed by atoms with E-state index in [-0.39, 0.29) is 35.5 Å². The minimum absolute atomic E-state index is 0.0384. The molecule has 0 aliphatic heterocycles. The molecule has 0 aliphatic rings. The minimum atomic E-state index is -4.81.